The Hall–Kier alpha value is -1.60. The predicted octanol–water partition coefficient (Wildman–Crippen LogP) is 2.19. The van der Waals surface area contributed by atoms with Crippen LogP contribution in [0.4, 0.5) is 0 Å². The molecule has 2 fully saturated rings. The molecule has 1 aliphatic heterocycles. The van der Waals surface area contributed by atoms with E-state index in [0.717, 1.165) is 49.6 Å². The van der Waals surface area contributed by atoms with Crippen LogP contribution in [-0.2, 0) is 13.1 Å². The molecule has 0 N–H and O–H groups in total. The van der Waals surface area contributed by atoms with E-state index in [2.05, 4.69) is 20.1 Å². The summed E-state index contributed by atoms with van der Waals surface area (Å²) in [6, 6.07) is 0. The first-order chi connectivity index (χ1) is 11.7. The van der Waals surface area contributed by atoms with E-state index in [1.807, 2.05) is 6.92 Å². The smallest absolute Gasteiger partial charge is 0.256 e. The van der Waals surface area contributed by atoms with Gasteiger partial charge < -0.3 is 0 Å². The average Bonchev–Trinajstić information content (AvgIpc) is 3.34. The minimum absolute atomic E-state index is 0.0916. The van der Waals surface area contributed by atoms with E-state index < -0.39 is 0 Å². The molecule has 1 saturated carbocycles. The highest BCUT2D eigenvalue weighted by Crippen LogP contribution is 2.41. The van der Waals surface area contributed by atoms with Gasteiger partial charge in [0.15, 0.2) is 0 Å². The van der Waals surface area contributed by atoms with Crippen LogP contribution in [0.15, 0.2) is 17.3 Å². The molecule has 2 aromatic heterocycles. The van der Waals surface area contributed by atoms with Gasteiger partial charge in [-0.25, -0.2) is 4.98 Å². The lowest BCUT2D eigenvalue weighted by molar-refractivity contribution is 0.166. The van der Waals surface area contributed by atoms with Gasteiger partial charge >= 0.3 is 0 Å². The number of piperidine rings is 1. The molecule has 0 bridgehead atoms. The van der Waals surface area contributed by atoms with Gasteiger partial charge in [0.25, 0.3) is 5.56 Å². The number of hydrogen-bond donors (Lipinski definition) is 0. The molecule has 128 valence electrons. The summed E-state index contributed by atoms with van der Waals surface area (Å²) in [6.45, 7) is 5.66. The molecule has 7 heteroatoms. The first-order valence-electron chi connectivity index (χ1n) is 8.74. The van der Waals surface area contributed by atoms with E-state index in [0.29, 0.717) is 11.8 Å². The van der Waals surface area contributed by atoms with Crippen LogP contribution < -0.4 is 5.56 Å². The zero-order valence-electron chi connectivity index (χ0n) is 14.0. The number of aryl methyl sites for hydroxylation is 1. The van der Waals surface area contributed by atoms with Crippen LogP contribution in [0.5, 0.6) is 0 Å². The molecule has 1 saturated heterocycles. The Morgan fingerprint density at radius 1 is 1.21 bits per heavy atom. The summed E-state index contributed by atoms with van der Waals surface area (Å²) in [5.41, 5.74) is 0.812. The van der Waals surface area contributed by atoms with Crippen LogP contribution in [0.2, 0.25) is 0 Å². The molecule has 0 spiro atoms. The van der Waals surface area contributed by atoms with Gasteiger partial charge in [0, 0.05) is 24.2 Å². The van der Waals surface area contributed by atoms with E-state index >= 15 is 0 Å². The highest BCUT2D eigenvalue weighted by Gasteiger charge is 2.28. The Kier molecular flexibility index (Phi) is 4.45. The quantitative estimate of drug-likeness (QED) is 0.831. The van der Waals surface area contributed by atoms with Gasteiger partial charge in [-0.3, -0.25) is 14.3 Å². The predicted molar refractivity (Wildman–Crippen MR) is 93.1 cm³/mol. The summed E-state index contributed by atoms with van der Waals surface area (Å²) in [4.78, 5) is 18.7. The summed E-state index contributed by atoms with van der Waals surface area (Å²) in [5, 5.41) is 11.1. The largest absolute Gasteiger partial charge is 0.299 e. The fourth-order valence-corrected chi connectivity index (χ4v) is 4.37. The standard InChI is InChI=1S/C17H23N5OS/c1-12-8-18-11-22(17(12)23)9-13-4-6-21(7-5-13)10-15-19-20-16(24-15)14-2-3-14/h8,11,13-14H,2-7,9-10H2,1H3. The summed E-state index contributed by atoms with van der Waals surface area (Å²) in [5.74, 6) is 1.25. The Morgan fingerprint density at radius 2 is 2.00 bits per heavy atom. The minimum atomic E-state index is 0.0916. The molecular formula is C17H23N5OS. The lowest BCUT2D eigenvalue weighted by atomic mass is 9.96. The molecule has 3 heterocycles. The zero-order chi connectivity index (χ0) is 16.5. The Bertz CT molecular complexity index is 758. The topological polar surface area (TPSA) is 63.9 Å². The number of aromatic nitrogens is 4. The fourth-order valence-electron chi connectivity index (χ4n) is 3.31. The van der Waals surface area contributed by atoms with Crippen molar-refractivity contribution in [1.29, 1.82) is 0 Å². The van der Waals surface area contributed by atoms with Gasteiger partial charge in [-0.2, -0.15) is 0 Å². The molecule has 2 aliphatic rings. The van der Waals surface area contributed by atoms with Gasteiger partial charge in [0.05, 0.1) is 12.9 Å². The maximum atomic E-state index is 12.1. The van der Waals surface area contributed by atoms with Gasteiger partial charge in [-0.15, -0.1) is 10.2 Å². The number of nitrogens with zero attached hydrogens (tertiary/aromatic N) is 5. The van der Waals surface area contributed by atoms with Gasteiger partial charge in [-0.05, 0) is 51.6 Å². The summed E-state index contributed by atoms with van der Waals surface area (Å²) < 4.78 is 1.77. The lowest BCUT2D eigenvalue weighted by Gasteiger charge is -2.31. The second-order valence-corrected chi connectivity index (χ2v) is 8.16. The average molecular weight is 345 g/mol. The third-order valence-corrected chi connectivity index (χ3v) is 6.07. The summed E-state index contributed by atoms with van der Waals surface area (Å²) >= 11 is 1.79. The molecule has 24 heavy (non-hydrogen) atoms. The van der Waals surface area contributed by atoms with Crippen LogP contribution in [0.3, 0.4) is 0 Å². The summed E-state index contributed by atoms with van der Waals surface area (Å²) in [7, 11) is 0. The molecule has 0 atom stereocenters. The van der Waals surface area contributed by atoms with Gasteiger partial charge in [0.2, 0.25) is 0 Å². The Labute approximate surface area is 145 Å². The molecule has 0 unspecified atom stereocenters. The van der Waals surface area contributed by atoms with Gasteiger partial charge in [0.1, 0.15) is 10.0 Å². The van der Waals surface area contributed by atoms with E-state index in [1.54, 1.807) is 28.4 Å². The lowest BCUT2D eigenvalue weighted by Crippen LogP contribution is -2.36. The second-order valence-electron chi connectivity index (χ2n) is 7.06. The second kappa shape index (κ2) is 6.72. The molecule has 6 nitrogen and oxygen atoms in total. The van der Waals surface area contributed by atoms with Crippen LogP contribution in [0, 0.1) is 12.8 Å². The minimum Gasteiger partial charge on any atom is -0.299 e. The van der Waals surface area contributed by atoms with E-state index in [-0.39, 0.29) is 5.56 Å². The van der Waals surface area contributed by atoms with Crippen molar-refractivity contribution in [1.82, 2.24) is 24.6 Å². The Balaban J connectivity index is 1.29. The highest BCUT2D eigenvalue weighted by atomic mass is 32.1. The SMILES string of the molecule is Cc1cncn(CC2CCN(Cc3nnc(C4CC4)s3)CC2)c1=O. The van der Waals surface area contributed by atoms with Crippen molar-refractivity contribution in [2.75, 3.05) is 13.1 Å². The van der Waals surface area contributed by atoms with Crippen molar-refractivity contribution < 1.29 is 0 Å². The third-order valence-electron chi connectivity index (χ3n) is 5.00. The number of rotatable bonds is 5. The van der Waals surface area contributed by atoms with Crippen molar-refractivity contribution in [3.05, 3.63) is 38.5 Å². The first-order valence-corrected chi connectivity index (χ1v) is 9.56. The van der Waals surface area contributed by atoms with Gasteiger partial charge in [-0.1, -0.05) is 11.3 Å². The van der Waals surface area contributed by atoms with Crippen molar-refractivity contribution in [2.45, 2.75) is 51.6 Å². The molecule has 2 aromatic rings. The van der Waals surface area contributed by atoms with Crippen molar-refractivity contribution >= 4 is 11.3 Å². The molecule has 0 radical (unpaired) electrons. The van der Waals surface area contributed by atoms with Crippen LogP contribution in [0.1, 0.15) is 47.2 Å². The van der Waals surface area contributed by atoms with Crippen LogP contribution in [0.25, 0.3) is 0 Å². The van der Waals surface area contributed by atoms with E-state index in [9.17, 15) is 4.79 Å². The number of hydrogen-bond acceptors (Lipinski definition) is 6. The maximum Gasteiger partial charge on any atom is 0.256 e. The molecule has 4 rings (SSSR count). The zero-order valence-corrected chi connectivity index (χ0v) is 14.8. The van der Waals surface area contributed by atoms with Crippen molar-refractivity contribution in [2.24, 2.45) is 5.92 Å². The maximum absolute atomic E-state index is 12.1. The van der Waals surface area contributed by atoms with E-state index in [4.69, 9.17) is 0 Å². The van der Waals surface area contributed by atoms with Crippen molar-refractivity contribution in [3.63, 3.8) is 0 Å². The van der Waals surface area contributed by atoms with E-state index in [1.165, 1.54) is 17.8 Å². The molecule has 1 aliphatic carbocycles. The first kappa shape index (κ1) is 15.9. The molecule has 0 amide bonds. The van der Waals surface area contributed by atoms with Crippen LogP contribution in [-0.4, -0.2) is 37.7 Å². The van der Waals surface area contributed by atoms with Crippen molar-refractivity contribution in [3.8, 4) is 0 Å². The number of likely N-dealkylation sites (tertiary alicyclic amines) is 1. The third kappa shape index (κ3) is 3.57. The molecular weight excluding hydrogens is 322 g/mol. The normalized spacial score (nSPS) is 19.7. The molecule has 0 aromatic carbocycles. The van der Waals surface area contributed by atoms with Crippen LogP contribution >= 0.6 is 11.3 Å². The highest BCUT2D eigenvalue weighted by molar-refractivity contribution is 7.11. The Morgan fingerprint density at radius 3 is 2.75 bits per heavy atom. The fraction of sp³-hybridized carbons (Fsp3) is 0.647. The summed E-state index contributed by atoms with van der Waals surface area (Å²) in [6.07, 6.45) is 8.12. The monoisotopic (exact) mass is 345 g/mol.